The van der Waals surface area contributed by atoms with Gasteiger partial charge in [0.1, 0.15) is 5.82 Å². The van der Waals surface area contributed by atoms with Crippen molar-refractivity contribution in [2.24, 2.45) is 5.92 Å². The highest BCUT2D eigenvalue weighted by Crippen LogP contribution is 2.25. The molecular formula is C25H27FN6O. The van der Waals surface area contributed by atoms with Crippen molar-refractivity contribution in [1.82, 2.24) is 20.1 Å². The zero-order chi connectivity index (χ0) is 22.6. The van der Waals surface area contributed by atoms with Gasteiger partial charge >= 0.3 is 0 Å². The normalized spacial score (nSPS) is 17.3. The molecule has 4 heterocycles. The van der Waals surface area contributed by atoms with Gasteiger partial charge in [-0.05, 0) is 61.4 Å². The molecule has 0 bridgehead atoms. The molecule has 170 valence electrons. The van der Waals surface area contributed by atoms with E-state index in [0.29, 0.717) is 13.1 Å². The standard InChI is InChI=1S/C25H27FN6O/c26-21-3-5-22(6-4-21)30-14-16-32(17-15-30)25(33)19-9-12-31(13-10-19)24-8-7-23(28-29-24)20-2-1-11-27-18-20/h1-8,11,18-19H,9-10,12-17H2. The van der Waals surface area contributed by atoms with Crippen molar-refractivity contribution >= 4 is 17.4 Å². The summed E-state index contributed by atoms with van der Waals surface area (Å²) in [5, 5.41) is 8.76. The monoisotopic (exact) mass is 446 g/mol. The van der Waals surface area contributed by atoms with Crippen LogP contribution in [0.4, 0.5) is 15.9 Å². The van der Waals surface area contributed by atoms with Gasteiger partial charge in [-0.3, -0.25) is 9.78 Å². The predicted octanol–water partition coefficient (Wildman–Crippen LogP) is 3.24. The van der Waals surface area contributed by atoms with Crippen molar-refractivity contribution in [1.29, 1.82) is 0 Å². The maximum absolute atomic E-state index is 13.2. The largest absolute Gasteiger partial charge is 0.368 e. The molecule has 0 N–H and O–H groups in total. The predicted molar refractivity (Wildman–Crippen MR) is 125 cm³/mol. The highest BCUT2D eigenvalue weighted by Gasteiger charge is 2.31. The highest BCUT2D eigenvalue weighted by atomic mass is 19.1. The Morgan fingerprint density at radius 3 is 2.24 bits per heavy atom. The van der Waals surface area contributed by atoms with Gasteiger partial charge in [0, 0.05) is 68.8 Å². The Labute approximate surface area is 192 Å². The number of piperazine rings is 1. The van der Waals surface area contributed by atoms with Crippen molar-refractivity contribution in [3.8, 4) is 11.3 Å². The third kappa shape index (κ3) is 4.79. The van der Waals surface area contributed by atoms with Crippen LogP contribution >= 0.6 is 0 Å². The number of halogens is 1. The number of pyridine rings is 1. The zero-order valence-electron chi connectivity index (χ0n) is 18.5. The summed E-state index contributed by atoms with van der Waals surface area (Å²) in [6, 6.07) is 14.4. The molecule has 8 heteroatoms. The van der Waals surface area contributed by atoms with E-state index in [1.807, 2.05) is 29.2 Å². The van der Waals surface area contributed by atoms with E-state index in [1.165, 1.54) is 12.1 Å². The number of aromatic nitrogens is 3. The molecule has 5 rings (SSSR count). The van der Waals surface area contributed by atoms with E-state index < -0.39 is 0 Å². The summed E-state index contributed by atoms with van der Waals surface area (Å²) in [4.78, 5) is 23.6. The first kappa shape index (κ1) is 21.3. The van der Waals surface area contributed by atoms with Crippen molar-refractivity contribution in [3.05, 3.63) is 66.7 Å². The van der Waals surface area contributed by atoms with Crippen molar-refractivity contribution in [2.45, 2.75) is 12.8 Å². The van der Waals surface area contributed by atoms with Gasteiger partial charge in [-0.15, -0.1) is 10.2 Å². The Balaban J connectivity index is 1.12. The minimum absolute atomic E-state index is 0.0567. The fraction of sp³-hybridized carbons (Fsp3) is 0.360. The molecule has 0 unspecified atom stereocenters. The van der Waals surface area contributed by atoms with E-state index in [9.17, 15) is 9.18 Å². The first-order chi connectivity index (χ1) is 16.2. The van der Waals surface area contributed by atoms with Crippen molar-refractivity contribution < 1.29 is 9.18 Å². The number of carbonyl (C=O) groups is 1. The van der Waals surface area contributed by atoms with Crippen LogP contribution in [-0.2, 0) is 4.79 Å². The fourth-order valence-electron chi connectivity index (χ4n) is 4.61. The summed E-state index contributed by atoms with van der Waals surface area (Å²) >= 11 is 0. The summed E-state index contributed by atoms with van der Waals surface area (Å²) in [6.07, 6.45) is 5.16. The Bertz CT molecular complexity index is 1060. The summed E-state index contributed by atoms with van der Waals surface area (Å²) in [5.41, 5.74) is 2.75. The maximum Gasteiger partial charge on any atom is 0.225 e. The second-order valence-corrected chi connectivity index (χ2v) is 8.57. The van der Waals surface area contributed by atoms with Crippen LogP contribution in [0.2, 0.25) is 0 Å². The maximum atomic E-state index is 13.2. The smallest absolute Gasteiger partial charge is 0.225 e. The molecule has 0 aliphatic carbocycles. The summed E-state index contributed by atoms with van der Waals surface area (Å²) < 4.78 is 13.2. The molecule has 33 heavy (non-hydrogen) atoms. The van der Waals surface area contributed by atoms with Gasteiger partial charge in [-0.1, -0.05) is 0 Å². The molecule has 0 spiro atoms. The van der Waals surface area contributed by atoms with Crippen LogP contribution in [0.5, 0.6) is 0 Å². The number of carbonyl (C=O) groups excluding carboxylic acids is 1. The molecule has 3 aromatic rings. The Morgan fingerprint density at radius 2 is 1.61 bits per heavy atom. The number of amides is 1. The molecule has 2 saturated heterocycles. The number of benzene rings is 1. The van der Waals surface area contributed by atoms with Gasteiger partial charge in [0.15, 0.2) is 5.82 Å². The van der Waals surface area contributed by atoms with E-state index in [2.05, 4.69) is 25.0 Å². The Morgan fingerprint density at radius 1 is 0.848 bits per heavy atom. The van der Waals surface area contributed by atoms with E-state index in [4.69, 9.17) is 0 Å². The molecule has 0 radical (unpaired) electrons. The number of nitrogens with zero attached hydrogens (tertiary/aromatic N) is 6. The van der Waals surface area contributed by atoms with Crippen LogP contribution in [0.15, 0.2) is 60.9 Å². The molecule has 2 aliphatic rings. The molecule has 2 aliphatic heterocycles. The average Bonchev–Trinajstić information content (AvgIpc) is 2.90. The lowest BCUT2D eigenvalue weighted by atomic mass is 9.95. The molecule has 0 saturated carbocycles. The number of rotatable bonds is 4. The van der Waals surface area contributed by atoms with Gasteiger partial charge < -0.3 is 14.7 Å². The zero-order valence-corrected chi connectivity index (χ0v) is 18.5. The van der Waals surface area contributed by atoms with Gasteiger partial charge in [0.25, 0.3) is 0 Å². The summed E-state index contributed by atoms with van der Waals surface area (Å²) in [7, 11) is 0. The summed E-state index contributed by atoms with van der Waals surface area (Å²) in [5.74, 6) is 0.934. The number of hydrogen-bond acceptors (Lipinski definition) is 6. The minimum atomic E-state index is -0.227. The fourth-order valence-corrected chi connectivity index (χ4v) is 4.61. The van der Waals surface area contributed by atoms with Crippen molar-refractivity contribution in [2.75, 3.05) is 49.1 Å². The first-order valence-electron chi connectivity index (χ1n) is 11.5. The molecule has 7 nitrogen and oxygen atoms in total. The molecule has 1 amide bonds. The van der Waals surface area contributed by atoms with Gasteiger partial charge in [0.2, 0.25) is 5.91 Å². The van der Waals surface area contributed by atoms with Gasteiger partial charge in [0.05, 0.1) is 5.69 Å². The van der Waals surface area contributed by atoms with Crippen LogP contribution in [0.1, 0.15) is 12.8 Å². The van der Waals surface area contributed by atoms with E-state index in [1.54, 1.807) is 24.5 Å². The lowest BCUT2D eigenvalue weighted by Gasteiger charge is -2.39. The van der Waals surface area contributed by atoms with E-state index in [-0.39, 0.29) is 17.6 Å². The van der Waals surface area contributed by atoms with Crippen LogP contribution in [0.25, 0.3) is 11.3 Å². The molecule has 2 aromatic heterocycles. The minimum Gasteiger partial charge on any atom is -0.368 e. The SMILES string of the molecule is O=C(C1CCN(c2ccc(-c3cccnc3)nn2)CC1)N1CCN(c2ccc(F)cc2)CC1. The second-order valence-electron chi connectivity index (χ2n) is 8.57. The van der Waals surface area contributed by atoms with Gasteiger partial charge in [-0.2, -0.15) is 0 Å². The second kappa shape index (κ2) is 9.52. The van der Waals surface area contributed by atoms with Crippen molar-refractivity contribution in [3.63, 3.8) is 0 Å². The summed E-state index contributed by atoms with van der Waals surface area (Å²) in [6.45, 7) is 4.55. The van der Waals surface area contributed by atoms with Crippen LogP contribution in [0, 0.1) is 11.7 Å². The van der Waals surface area contributed by atoms with Crippen LogP contribution in [0.3, 0.4) is 0 Å². The molecule has 1 aromatic carbocycles. The lowest BCUT2D eigenvalue weighted by molar-refractivity contribution is -0.136. The van der Waals surface area contributed by atoms with Crippen LogP contribution < -0.4 is 9.80 Å². The van der Waals surface area contributed by atoms with Crippen LogP contribution in [-0.4, -0.2) is 65.3 Å². The Kier molecular flexibility index (Phi) is 6.15. The van der Waals surface area contributed by atoms with Gasteiger partial charge in [-0.25, -0.2) is 4.39 Å². The first-order valence-corrected chi connectivity index (χ1v) is 11.5. The topological polar surface area (TPSA) is 65.5 Å². The molecular weight excluding hydrogens is 419 g/mol. The van der Waals surface area contributed by atoms with E-state index in [0.717, 1.165) is 61.8 Å². The Hall–Kier alpha value is -3.55. The number of hydrogen-bond donors (Lipinski definition) is 0. The number of anilines is 2. The lowest BCUT2D eigenvalue weighted by Crippen LogP contribution is -2.51. The third-order valence-electron chi connectivity index (χ3n) is 6.56. The third-order valence-corrected chi connectivity index (χ3v) is 6.56. The molecule has 2 fully saturated rings. The highest BCUT2D eigenvalue weighted by molar-refractivity contribution is 5.79. The number of piperidine rings is 1. The average molecular weight is 447 g/mol. The van der Waals surface area contributed by atoms with E-state index >= 15 is 0 Å². The molecule has 0 atom stereocenters. The quantitative estimate of drug-likeness (QED) is 0.613.